The van der Waals surface area contributed by atoms with E-state index in [2.05, 4.69) is 19.2 Å². The van der Waals surface area contributed by atoms with Gasteiger partial charge in [0.1, 0.15) is 0 Å². The first-order valence-corrected chi connectivity index (χ1v) is 5.25. The van der Waals surface area contributed by atoms with E-state index in [1.165, 1.54) is 0 Å². The Kier molecular flexibility index (Phi) is 8.40. The molecule has 4 N–H and O–H groups in total. The lowest BCUT2D eigenvalue weighted by Crippen LogP contribution is -2.35. The highest BCUT2D eigenvalue weighted by atomic mass is 16.3. The lowest BCUT2D eigenvalue weighted by Gasteiger charge is -2.17. The van der Waals surface area contributed by atoms with Gasteiger partial charge < -0.3 is 16.2 Å². The number of aliphatic hydroxyl groups excluding tert-OH is 1. The Morgan fingerprint density at radius 1 is 1.31 bits per heavy atom. The first-order valence-electron chi connectivity index (χ1n) is 5.25. The first kappa shape index (κ1) is 12.9. The molecular weight excluding hydrogens is 164 g/mol. The van der Waals surface area contributed by atoms with Crippen molar-refractivity contribution in [1.82, 2.24) is 5.32 Å². The number of hydrogen-bond acceptors (Lipinski definition) is 3. The van der Waals surface area contributed by atoms with Gasteiger partial charge in [-0.25, -0.2) is 0 Å². The summed E-state index contributed by atoms with van der Waals surface area (Å²) in [4.78, 5) is 0. The summed E-state index contributed by atoms with van der Waals surface area (Å²) >= 11 is 0. The van der Waals surface area contributed by atoms with Gasteiger partial charge in [-0.3, -0.25) is 0 Å². The van der Waals surface area contributed by atoms with Gasteiger partial charge in [0, 0.05) is 6.04 Å². The van der Waals surface area contributed by atoms with Crippen molar-refractivity contribution in [3.63, 3.8) is 0 Å². The minimum atomic E-state index is 0.233. The molecule has 0 heterocycles. The zero-order valence-electron chi connectivity index (χ0n) is 8.92. The molecule has 80 valence electrons. The van der Waals surface area contributed by atoms with Crippen LogP contribution in [-0.4, -0.2) is 30.8 Å². The number of aliphatic hydroxyl groups is 1. The van der Waals surface area contributed by atoms with E-state index in [4.69, 9.17) is 10.8 Å². The summed E-state index contributed by atoms with van der Waals surface area (Å²) in [7, 11) is 0. The van der Waals surface area contributed by atoms with Crippen LogP contribution in [0.25, 0.3) is 0 Å². The SMILES string of the molecule is CC(C)CNC(CO)CCCCN. The maximum absolute atomic E-state index is 9.04. The average Bonchev–Trinajstić information content (AvgIpc) is 2.10. The van der Waals surface area contributed by atoms with E-state index in [0.29, 0.717) is 5.92 Å². The maximum Gasteiger partial charge on any atom is 0.0584 e. The fraction of sp³-hybridized carbons (Fsp3) is 1.00. The molecule has 13 heavy (non-hydrogen) atoms. The van der Waals surface area contributed by atoms with Crippen molar-refractivity contribution >= 4 is 0 Å². The second kappa shape index (κ2) is 8.48. The molecule has 0 fully saturated rings. The Labute approximate surface area is 81.7 Å². The molecule has 0 saturated heterocycles. The number of hydrogen-bond donors (Lipinski definition) is 3. The highest BCUT2D eigenvalue weighted by Crippen LogP contribution is 2.00. The van der Waals surface area contributed by atoms with Crippen LogP contribution in [0.2, 0.25) is 0 Å². The molecule has 0 radical (unpaired) electrons. The van der Waals surface area contributed by atoms with E-state index in [0.717, 1.165) is 32.4 Å². The molecule has 0 aliphatic heterocycles. The van der Waals surface area contributed by atoms with Gasteiger partial charge in [-0.2, -0.15) is 0 Å². The van der Waals surface area contributed by atoms with Crippen molar-refractivity contribution in [3.8, 4) is 0 Å². The van der Waals surface area contributed by atoms with Crippen LogP contribution in [0.1, 0.15) is 33.1 Å². The van der Waals surface area contributed by atoms with Gasteiger partial charge >= 0.3 is 0 Å². The fourth-order valence-corrected chi connectivity index (χ4v) is 1.20. The highest BCUT2D eigenvalue weighted by molar-refractivity contribution is 4.66. The number of nitrogens with two attached hydrogens (primary N) is 1. The summed E-state index contributed by atoms with van der Waals surface area (Å²) in [6, 6.07) is 0.258. The minimum absolute atomic E-state index is 0.233. The molecule has 0 aromatic rings. The van der Waals surface area contributed by atoms with Crippen LogP contribution in [0.5, 0.6) is 0 Å². The molecule has 0 amide bonds. The van der Waals surface area contributed by atoms with Gasteiger partial charge in [0.25, 0.3) is 0 Å². The number of nitrogens with one attached hydrogen (secondary N) is 1. The molecule has 0 aromatic heterocycles. The van der Waals surface area contributed by atoms with Crippen LogP contribution in [0.4, 0.5) is 0 Å². The third-order valence-corrected chi connectivity index (χ3v) is 2.04. The number of unbranched alkanes of at least 4 members (excludes halogenated alkanes) is 1. The minimum Gasteiger partial charge on any atom is -0.395 e. The summed E-state index contributed by atoms with van der Waals surface area (Å²) in [5, 5.41) is 12.4. The van der Waals surface area contributed by atoms with E-state index in [9.17, 15) is 0 Å². The van der Waals surface area contributed by atoms with Gasteiger partial charge in [0.15, 0.2) is 0 Å². The van der Waals surface area contributed by atoms with E-state index in [1.807, 2.05) is 0 Å². The fourth-order valence-electron chi connectivity index (χ4n) is 1.20. The lowest BCUT2D eigenvalue weighted by atomic mass is 10.1. The Balaban J connectivity index is 3.39. The van der Waals surface area contributed by atoms with Gasteiger partial charge in [0.2, 0.25) is 0 Å². The summed E-state index contributed by atoms with van der Waals surface area (Å²) in [5.74, 6) is 0.642. The summed E-state index contributed by atoms with van der Waals surface area (Å²) < 4.78 is 0. The first-order chi connectivity index (χ1) is 6.20. The van der Waals surface area contributed by atoms with E-state index >= 15 is 0 Å². The van der Waals surface area contributed by atoms with Crippen LogP contribution in [0.3, 0.4) is 0 Å². The van der Waals surface area contributed by atoms with Crippen LogP contribution in [-0.2, 0) is 0 Å². The second-order valence-corrected chi connectivity index (χ2v) is 3.97. The zero-order valence-corrected chi connectivity index (χ0v) is 8.92. The normalized spacial score (nSPS) is 13.6. The van der Waals surface area contributed by atoms with Crippen molar-refractivity contribution < 1.29 is 5.11 Å². The van der Waals surface area contributed by atoms with Crippen LogP contribution >= 0.6 is 0 Å². The molecule has 0 aliphatic carbocycles. The summed E-state index contributed by atoms with van der Waals surface area (Å²) in [5.41, 5.74) is 5.40. The largest absolute Gasteiger partial charge is 0.395 e. The van der Waals surface area contributed by atoms with Crippen LogP contribution in [0.15, 0.2) is 0 Å². The van der Waals surface area contributed by atoms with E-state index < -0.39 is 0 Å². The van der Waals surface area contributed by atoms with Crippen molar-refractivity contribution in [1.29, 1.82) is 0 Å². The molecule has 0 aliphatic rings. The Hall–Kier alpha value is -0.120. The maximum atomic E-state index is 9.04. The quantitative estimate of drug-likeness (QED) is 0.492. The van der Waals surface area contributed by atoms with Crippen molar-refractivity contribution in [3.05, 3.63) is 0 Å². The molecule has 3 heteroatoms. The summed E-state index contributed by atoms with van der Waals surface area (Å²) in [6.07, 6.45) is 3.19. The Bertz CT molecular complexity index is 107. The van der Waals surface area contributed by atoms with E-state index in [1.54, 1.807) is 0 Å². The third-order valence-electron chi connectivity index (χ3n) is 2.04. The molecule has 0 spiro atoms. The van der Waals surface area contributed by atoms with Crippen molar-refractivity contribution in [2.75, 3.05) is 19.7 Å². The smallest absolute Gasteiger partial charge is 0.0584 e. The third kappa shape index (κ3) is 8.22. The van der Waals surface area contributed by atoms with Gasteiger partial charge in [-0.15, -0.1) is 0 Å². The van der Waals surface area contributed by atoms with E-state index in [-0.39, 0.29) is 12.6 Å². The molecule has 0 aromatic carbocycles. The van der Waals surface area contributed by atoms with Crippen LogP contribution in [0, 0.1) is 5.92 Å². The molecule has 0 saturated carbocycles. The number of rotatable bonds is 8. The highest BCUT2D eigenvalue weighted by Gasteiger charge is 2.06. The molecule has 3 nitrogen and oxygen atoms in total. The van der Waals surface area contributed by atoms with Crippen molar-refractivity contribution in [2.45, 2.75) is 39.2 Å². The second-order valence-electron chi connectivity index (χ2n) is 3.97. The predicted molar refractivity (Wildman–Crippen MR) is 56.6 cm³/mol. The topological polar surface area (TPSA) is 58.3 Å². The lowest BCUT2D eigenvalue weighted by molar-refractivity contribution is 0.229. The summed E-state index contributed by atoms with van der Waals surface area (Å²) in [6.45, 7) is 6.30. The van der Waals surface area contributed by atoms with Gasteiger partial charge in [-0.05, 0) is 31.8 Å². The molecule has 0 rings (SSSR count). The molecular formula is C10H24N2O. The Morgan fingerprint density at radius 2 is 2.00 bits per heavy atom. The average molecular weight is 188 g/mol. The van der Waals surface area contributed by atoms with Crippen molar-refractivity contribution in [2.24, 2.45) is 11.7 Å². The molecule has 1 unspecified atom stereocenters. The van der Waals surface area contributed by atoms with Gasteiger partial charge in [-0.1, -0.05) is 20.3 Å². The predicted octanol–water partition coefficient (Wildman–Crippen LogP) is 0.722. The monoisotopic (exact) mass is 188 g/mol. The zero-order chi connectivity index (χ0) is 10.1. The van der Waals surface area contributed by atoms with Crippen LogP contribution < -0.4 is 11.1 Å². The Morgan fingerprint density at radius 3 is 2.46 bits per heavy atom. The molecule has 1 atom stereocenters. The molecule has 0 bridgehead atoms. The standard InChI is InChI=1S/C10H24N2O/c1-9(2)7-12-10(8-13)5-3-4-6-11/h9-10,12-13H,3-8,11H2,1-2H3. The van der Waals surface area contributed by atoms with Gasteiger partial charge in [0.05, 0.1) is 6.61 Å².